The van der Waals surface area contributed by atoms with Crippen molar-refractivity contribution in [2.75, 3.05) is 94.4 Å². The average molecular weight is 970 g/mol. The van der Waals surface area contributed by atoms with Crippen molar-refractivity contribution in [2.24, 2.45) is 17.7 Å². The van der Waals surface area contributed by atoms with Crippen LogP contribution in [0.2, 0.25) is 0 Å². The molecular weight excluding hydrogens is 877 g/mol. The lowest BCUT2D eigenvalue weighted by Crippen LogP contribution is -2.53. The van der Waals surface area contributed by atoms with Crippen LogP contribution in [-0.4, -0.2) is 175 Å². The minimum atomic E-state index is -4.29. The number of carbonyl (C=O) groups excluding carboxylic acids is 3. The third kappa shape index (κ3) is 11.0. The highest BCUT2D eigenvalue weighted by molar-refractivity contribution is 5.89. The van der Waals surface area contributed by atoms with Crippen LogP contribution in [0.1, 0.15) is 85.0 Å². The molecule has 9 heterocycles. The number of aromatic nitrogens is 9. The van der Waals surface area contributed by atoms with Crippen molar-refractivity contribution in [2.45, 2.75) is 57.8 Å². The van der Waals surface area contributed by atoms with Gasteiger partial charge in [0.1, 0.15) is 57.4 Å². The van der Waals surface area contributed by atoms with Crippen LogP contribution in [0.5, 0.6) is 0 Å². The van der Waals surface area contributed by atoms with E-state index in [1.54, 1.807) is 6.07 Å². The zero-order valence-corrected chi connectivity index (χ0v) is 35.7. The van der Waals surface area contributed by atoms with Crippen molar-refractivity contribution < 1.29 is 59.6 Å². The third-order valence-corrected chi connectivity index (χ3v) is 10.3. The maximum absolute atomic E-state index is 12.9. The number of carbonyl (C=O) groups is 3. The molecule has 0 aliphatic carbocycles. The first kappa shape index (κ1) is 22.1. The Kier molecular flexibility index (Phi) is 7.12. The number of hydrogen-bond acceptors (Lipinski definition) is 12. The molecular formula is C48H60N18O3. The molecule has 6 atom stereocenters. The van der Waals surface area contributed by atoms with Crippen molar-refractivity contribution in [3.8, 4) is 0 Å². The zero-order chi connectivity index (χ0) is 77.7. The molecule has 69 heavy (non-hydrogen) atoms. The van der Waals surface area contributed by atoms with Crippen LogP contribution >= 0.6 is 0 Å². The number of anilines is 3. The van der Waals surface area contributed by atoms with Gasteiger partial charge in [-0.2, -0.15) is 0 Å². The number of likely N-dealkylation sites (tertiary alicyclic amines) is 3. The second-order valence-corrected chi connectivity index (χ2v) is 14.5. The summed E-state index contributed by atoms with van der Waals surface area (Å²) >= 11 is 0. The molecule has 3 amide bonds. The summed E-state index contributed by atoms with van der Waals surface area (Å²) in [5.74, 6) is -13.5. The van der Waals surface area contributed by atoms with E-state index in [0.717, 1.165) is 11.0 Å². The van der Waals surface area contributed by atoms with Gasteiger partial charge in [0.05, 0.1) is 42.5 Å². The summed E-state index contributed by atoms with van der Waals surface area (Å²) < 4.78 is 273. The summed E-state index contributed by atoms with van der Waals surface area (Å²) in [4.78, 5) is 79.2. The van der Waals surface area contributed by atoms with Gasteiger partial charge in [-0.15, -0.1) is 0 Å². The lowest BCUT2D eigenvalue weighted by atomic mass is 9.92. The minimum Gasteiger partial charge on any atom is -0.354 e. The van der Waals surface area contributed by atoms with Gasteiger partial charge >= 0.3 is 17.7 Å². The highest BCUT2D eigenvalue weighted by Gasteiger charge is 2.36. The van der Waals surface area contributed by atoms with Crippen LogP contribution in [0.15, 0.2) is 55.7 Å². The van der Waals surface area contributed by atoms with Crippen LogP contribution in [0.25, 0.3) is 47.6 Å². The van der Waals surface area contributed by atoms with Gasteiger partial charge in [-0.3, -0.25) is 14.4 Å². The Balaban J connectivity index is 0.000000216. The molecule has 0 unspecified atom stereocenters. The van der Waals surface area contributed by atoms with Gasteiger partial charge < -0.3 is 58.9 Å². The fourth-order valence-electron chi connectivity index (χ4n) is 6.83. The molecule has 0 radical (unpaired) electrons. The summed E-state index contributed by atoms with van der Waals surface area (Å²) in [7, 11) is 0. The van der Waals surface area contributed by atoms with E-state index in [2.05, 4.69) is 59.4 Å². The van der Waals surface area contributed by atoms with Gasteiger partial charge in [-0.25, -0.2) is 49.6 Å². The number of nitrogens with zero attached hydrogens (tertiary/aromatic N) is 15. The molecule has 3 N–H and O–H groups in total. The molecule has 6 aromatic heterocycles. The maximum Gasteiger partial charge on any atom is 0.302 e. The molecule has 0 bridgehead atoms. The van der Waals surface area contributed by atoms with Gasteiger partial charge in [-0.1, -0.05) is 20.6 Å². The molecule has 6 aromatic rings. The largest absolute Gasteiger partial charge is 0.354 e. The number of H-pyrrole nitrogens is 3. The molecule has 0 saturated carbocycles. The average Bonchev–Trinajstić information content (AvgIpc) is 0.796. The summed E-state index contributed by atoms with van der Waals surface area (Å²) in [6, 6.07) is -4.86. The third-order valence-electron chi connectivity index (χ3n) is 10.3. The van der Waals surface area contributed by atoms with E-state index < -0.39 is 189 Å². The first-order valence-corrected chi connectivity index (χ1v) is 20.1. The van der Waals surface area contributed by atoms with Crippen LogP contribution < -0.4 is 14.7 Å². The summed E-state index contributed by atoms with van der Waals surface area (Å²) in [6.45, 7) is -14.0. The second-order valence-electron chi connectivity index (χ2n) is 14.5. The van der Waals surface area contributed by atoms with E-state index in [4.69, 9.17) is 62.2 Å². The van der Waals surface area contributed by atoms with E-state index in [-0.39, 0.29) is 62.8 Å². The van der Waals surface area contributed by atoms with Gasteiger partial charge in [0.2, 0.25) is 0 Å². The summed E-state index contributed by atoms with van der Waals surface area (Å²) in [5, 5.41) is -0.0244. The molecule has 0 aromatic carbocycles. The van der Waals surface area contributed by atoms with Crippen LogP contribution in [-0.2, 0) is 14.4 Å². The van der Waals surface area contributed by atoms with Crippen LogP contribution in [0.4, 0.5) is 17.5 Å². The number of amides is 3. The Bertz CT molecular complexity index is 4300. The van der Waals surface area contributed by atoms with Gasteiger partial charge in [-0.05, 0) is 55.1 Å². The zero-order valence-electron chi connectivity index (χ0n) is 68.7. The SMILES string of the molecule is [2H]c1nc(N(C([2H])([2H])[2H])[C@@]2([2H])C([2H])([2H])N(C(=O)C[N+]#[C-])C([2H])([2H])C([2H])([2H])[C@@]2([2H])C([2H])([2H])[2H])c2cc[nH]c2n1.[2H]c1nc(N(C([2H])([2H])[2H])[C@@]2([2H])C([2H])([2H])N(C(=O)C[N+]#[C-])CC[C@@]2([2H])C([2H])([2H])[2H])c2cc[nH]c2n1.[2H]c1nc(N([C@H]2CN(C(=O)C[N+]#[C-])CC[C@H]2C([2H])([2H])[2H])C([2H])([2H])[2H])c2cc[nH]c2n1. The molecule has 21 heteroatoms. The Labute approximate surface area is 448 Å². The summed E-state index contributed by atoms with van der Waals surface area (Å²) in [6.07, 6.45) is -2.87. The fourth-order valence-corrected chi connectivity index (χ4v) is 6.83. The van der Waals surface area contributed by atoms with Crippen molar-refractivity contribution in [3.63, 3.8) is 0 Å². The number of piperidine rings is 3. The number of fused-ring (bicyclic) bond motifs is 3. The first-order chi connectivity index (χ1) is 46.3. The molecule has 3 fully saturated rings. The fraction of sp³-hybridized carbons (Fsp3) is 0.500. The molecule has 21 nitrogen and oxygen atoms in total. The lowest BCUT2D eigenvalue weighted by Gasteiger charge is -2.41. The molecule has 3 aliphatic heterocycles. The number of hydrogen-bond donors (Lipinski definition) is 3. The Morgan fingerprint density at radius 2 is 1.13 bits per heavy atom. The number of likely N-dealkylation sites (N-methyl/N-ethyl adjacent to an activating group) is 3. The minimum absolute atomic E-state index is 0.0328. The normalized spacial score (nSPS) is 36.5. The Morgan fingerprint density at radius 3 is 1.62 bits per heavy atom. The van der Waals surface area contributed by atoms with E-state index in [0.29, 0.717) is 10.3 Å². The molecule has 360 valence electrons. The standard InChI is InChI=1S/3C16H20N6O/c3*1-11-5-7-22(14(23)8-17-2)9-13(11)21(3)16-12-4-6-18-15(12)19-10-20-16/h3*4,6,10-11,13H,5,7-9H2,1,3H3,(H,18,19,20)/t3*11-,13+/m111/s1/i1D3,3D3,5D2,7D2,9D2,10D,11D,13D;1D3,3D3,9D2,10D,11D,13D;1D3,3D3,10D. The predicted octanol–water partition coefficient (Wildman–Crippen LogP) is 4.65. The number of nitrogens with one attached hydrogen (secondary N) is 3. The van der Waals surface area contributed by atoms with Gasteiger partial charge in [0.25, 0.3) is 19.6 Å². The van der Waals surface area contributed by atoms with E-state index >= 15 is 0 Å². The highest BCUT2D eigenvalue weighted by atomic mass is 16.2. The topological polar surface area (TPSA) is 208 Å². The van der Waals surface area contributed by atoms with E-state index in [1.165, 1.54) is 29.6 Å². The molecule has 0 spiro atoms. The second kappa shape index (κ2) is 22.3. The van der Waals surface area contributed by atoms with E-state index in [9.17, 15) is 17.1 Å². The maximum atomic E-state index is 12.9. The monoisotopic (exact) mass is 970 g/mol. The van der Waals surface area contributed by atoms with Gasteiger partial charge in [0, 0.05) is 112 Å². The predicted molar refractivity (Wildman–Crippen MR) is 264 cm³/mol. The van der Waals surface area contributed by atoms with Crippen molar-refractivity contribution in [1.82, 2.24) is 59.6 Å². The molecule has 9 rings (SSSR count). The number of rotatable bonds is 9. The van der Waals surface area contributed by atoms with E-state index in [1.807, 2.05) is 0 Å². The smallest absolute Gasteiger partial charge is 0.302 e. The molecule has 3 saturated heterocycles. The van der Waals surface area contributed by atoms with Crippen LogP contribution in [0.3, 0.4) is 0 Å². The van der Waals surface area contributed by atoms with Crippen LogP contribution in [0, 0.1) is 37.4 Å². The first-order valence-electron chi connectivity index (χ1n) is 36.6. The van der Waals surface area contributed by atoms with Crippen molar-refractivity contribution >= 4 is 68.3 Å². The van der Waals surface area contributed by atoms with Gasteiger partial charge in [0.15, 0.2) is 0 Å². The number of aromatic amines is 3. The van der Waals surface area contributed by atoms with Crippen molar-refractivity contribution in [3.05, 3.63) is 90.0 Å². The Hall–Kier alpha value is -7.86. The van der Waals surface area contributed by atoms with Crippen molar-refractivity contribution in [1.29, 1.82) is 0 Å². The summed E-state index contributed by atoms with van der Waals surface area (Å²) in [5.41, 5.74) is 0.00835. The highest BCUT2D eigenvalue weighted by Crippen LogP contribution is 2.31. The lowest BCUT2D eigenvalue weighted by molar-refractivity contribution is -0.131. The Morgan fingerprint density at radius 1 is 0.667 bits per heavy atom. The molecule has 3 aliphatic rings. The quantitative estimate of drug-likeness (QED) is 0.169.